The Morgan fingerprint density at radius 2 is 1.89 bits per heavy atom. The molecule has 4 nitrogen and oxygen atoms in total. The number of nitriles is 1. The zero-order valence-electron chi connectivity index (χ0n) is 11.6. The molecule has 0 aliphatic heterocycles. The van der Waals surface area contributed by atoms with Gasteiger partial charge in [0.25, 0.3) is 0 Å². The molecule has 0 bridgehead atoms. The van der Waals surface area contributed by atoms with Crippen LogP contribution in [-0.2, 0) is 7.05 Å². The van der Waals surface area contributed by atoms with Crippen molar-refractivity contribution in [2.24, 2.45) is 7.05 Å². The lowest BCUT2D eigenvalue weighted by molar-refractivity contribution is 0.242. The van der Waals surface area contributed by atoms with E-state index in [4.69, 9.17) is 4.74 Å². The first-order chi connectivity index (χ1) is 9.02. The minimum absolute atomic E-state index is 0.151. The first-order valence-electron chi connectivity index (χ1n) is 6.23. The van der Waals surface area contributed by atoms with Crippen LogP contribution in [-0.4, -0.2) is 15.7 Å². The molecule has 0 aliphatic carbocycles. The van der Waals surface area contributed by atoms with Gasteiger partial charge in [-0.25, -0.2) is 4.98 Å². The number of hydrogen-bond donors (Lipinski definition) is 0. The van der Waals surface area contributed by atoms with Gasteiger partial charge in [0.1, 0.15) is 29.0 Å². The molecule has 0 aliphatic rings. The smallest absolute Gasteiger partial charge is 0.147 e. The molecule has 1 aromatic carbocycles. The predicted octanol–water partition coefficient (Wildman–Crippen LogP) is 3.05. The third-order valence-corrected chi connectivity index (χ3v) is 2.92. The van der Waals surface area contributed by atoms with Crippen molar-refractivity contribution in [2.75, 3.05) is 0 Å². The molecule has 0 spiro atoms. The van der Waals surface area contributed by atoms with Gasteiger partial charge in [-0.2, -0.15) is 5.26 Å². The molecule has 0 unspecified atom stereocenters. The summed E-state index contributed by atoms with van der Waals surface area (Å²) in [6.07, 6.45) is 0.151. The standard InChI is InChI=1S/C15H17N3O/c1-10(2)19-13-7-5-12(6-8-13)15-14(9-16)18(4)11(3)17-15/h5-8,10H,1-4H3. The summed E-state index contributed by atoms with van der Waals surface area (Å²) in [6.45, 7) is 5.87. The molecule has 0 atom stereocenters. The number of nitrogens with zero attached hydrogens (tertiary/aromatic N) is 3. The largest absolute Gasteiger partial charge is 0.491 e. The van der Waals surface area contributed by atoms with Crippen LogP contribution >= 0.6 is 0 Å². The van der Waals surface area contributed by atoms with Crippen LogP contribution in [0, 0.1) is 18.3 Å². The molecular formula is C15H17N3O. The highest BCUT2D eigenvalue weighted by Gasteiger charge is 2.13. The Labute approximate surface area is 113 Å². The number of hydrogen-bond acceptors (Lipinski definition) is 3. The molecule has 0 fully saturated rings. The normalized spacial score (nSPS) is 10.5. The van der Waals surface area contributed by atoms with E-state index in [1.165, 1.54) is 0 Å². The lowest BCUT2D eigenvalue weighted by atomic mass is 10.1. The van der Waals surface area contributed by atoms with E-state index in [2.05, 4.69) is 11.1 Å². The number of imidazole rings is 1. The third-order valence-electron chi connectivity index (χ3n) is 2.92. The maximum absolute atomic E-state index is 9.21. The molecule has 2 aromatic rings. The van der Waals surface area contributed by atoms with Gasteiger partial charge in [-0.3, -0.25) is 0 Å². The van der Waals surface area contributed by atoms with Gasteiger partial charge in [-0.1, -0.05) is 0 Å². The molecule has 2 rings (SSSR count). The Kier molecular flexibility index (Phi) is 3.57. The van der Waals surface area contributed by atoms with E-state index < -0.39 is 0 Å². The van der Waals surface area contributed by atoms with Gasteiger partial charge in [0.2, 0.25) is 0 Å². The second-order valence-corrected chi connectivity index (χ2v) is 4.72. The molecule has 98 valence electrons. The highest BCUT2D eigenvalue weighted by atomic mass is 16.5. The van der Waals surface area contributed by atoms with Crippen molar-refractivity contribution in [3.05, 3.63) is 35.8 Å². The Bertz CT molecular complexity index is 618. The van der Waals surface area contributed by atoms with Crippen LogP contribution in [0.5, 0.6) is 5.75 Å². The molecule has 1 aromatic heterocycles. The second kappa shape index (κ2) is 5.15. The fourth-order valence-corrected chi connectivity index (χ4v) is 1.90. The summed E-state index contributed by atoms with van der Waals surface area (Å²) in [5.41, 5.74) is 2.23. The van der Waals surface area contributed by atoms with Gasteiger partial charge in [-0.05, 0) is 45.0 Å². The molecular weight excluding hydrogens is 238 g/mol. The SMILES string of the molecule is Cc1nc(-c2ccc(OC(C)C)cc2)c(C#N)n1C. The maximum atomic E-state index is 9.21. The maximum Gasteiger partial charge on any atom is 0.147 e. The van der Waals surface area contributed by atoms with Crippen molar-refractivity contribution < 1.29 is 4.74 Å². The molecule has 0 N–H and O–H groups in total. The number of benzene rings is 1. The van der Waals surface area contributed by atoms with E-state index in [0.29, 0.717) is 5.69 Å². The molecule has 0 radical (unpaired) electrons. The van der Waals surface area contributed by atoms with Crippen molar-refractivity contribution >= 4 is 0 Å². The second-order valence-electron chi connectivity index (χ2n) is 4.72. The summed E-state index contributed by atoms with van der Waals surface area (Å²) in [5.74, 6) is 1.65. The highest BCUT2D eigenvalue weighted by molar-refractivity contribution is 5.66. The zero-order valence-corrected chi connectivity index (χ0v) is 11.6. The molecule has 4 heteroatoms. The van der Waals surface area contributed by atoms with Crippen molar-refractivity contribution in [2.45, 2.75) is 26.9 Å². The summed E-state index contributed by atoms with van der Waals surface area (Å²) < 4.78 is 7.40. The summed E-state index contributed by atoms with van der Waals surface area (Å²) in [7, 11) is 1.85. The first-order valence-corrected chi connectivity index (χ1v) is 6.23. The molecule has 0 saturated heterocycles. The Balaban J connectivity index is 2.38. The van der Waals surface area contributed by atoms with Crippen molar-refractivity contribution in [1.82, 2.24) is 9.55 Å². The minimum atomic E-state index is 0.151. The van der Waals surface area contributed by atoms with E-state index in [0.717, 1.165) is 22.8 Å². The van der Waals surface area contributed by atoms with E-state index in [1.807, 2.05) is 52.1 Å². The van der Waals surface area contributed by atoms with Crippen LogP contribution in [0.15, 0.2) is 24.3 Å². The van der Waals surface area contributed by atoms with Crippen LogP contribution in [0.2, 0.25) is 0 Å². The highest BCUT2D eigenvalue weighted by Crippen LogP contribution is 2.25. The Morgan fingerprint density at radius 3 is 2.42 bits per heavy atom. The molecule has 0 amide bonds. The van der Waals surface area contributed by atoms with Gasteiger partial charge in [0.05, 0.1) is 6.10 Å². The zero-order chi connectivity index (χ0) is 14.0. The fraction of sp³-hybridized carbons (Fsp3) is 0.333. The number of ether oxygens (including phenoxy) is 1. The van der Waals surface area contributed by atoms with E-state index in [9.17, 15) is 5.26 Å². The third kappa shape index (κ3) is 2.60. The number of aromatic nitrogens is 2. The summed E-state index contributed by atoms with van der Waals surface area (Å²) in [6, 6.07) is 9.87. The predicted molar refractivity (Wildman–Crippen MR) is 73.9 cm³/mol. The van der Waals surface area contributed by atoms with Crippen LogP contribution < -0.4 is 4.74 Å². The van der Waals surface area contributed by atoms with Crippen LogP contribution in [0.3, 0.4) is 0 Å². The summed E-state index contributed by atoms with van der Waals surface area (Å²) >= 11 is 0. The first kappa shape index (κ1) is 13.2. The van der Waals surface area contributed by atoms with Gasteiger partial charge in [0, 0.05) is 12.6 Å². The quantitative estimate of drug-likeness (QED) is 0.847. The van der Waals surface area contributed by atoms with Crippen molar-refractivity contribution in [3.63, 3.8) is 0 Å². The Hall–Kier alpha value is -2.28. The van der Waals surface area contributed by atoms with Gasteiger partial charge in [0.15, 0.2) is 0 Å². The molecule has 0 saturated carbocycles. The van der Waals surface area contributed by atoms with Crippen LogP contribution in [0.25, 0.3) is 11.3 Å². The van der Waals surface area contributed by atoms with Crippen molar-refractivity contribution in [1.29, 1.82) is 5.26 Å². The molecule has 1 heterocycles. The lowest BCUT2D eigenvalue weighted by Crippen LogP contribution is -2.05. The summed E-state index contributed by atoms with van der Waals surface area (Å²) in [4.78, 5) is 4.44. The Morgan fingerprint density at radius 1 is 1.26 bits per heavy atom. The van der Waals surface area contributed by atoms with E-state index >= 15 is 0 Å². The fourth-order valence-electron chi connectivity index (χ4n) is 1.90. The minimum Gasteiger partial charge on any atom is -0.491 e. The van der Waals surface area contributed by atoms with Crippen molar-refractivity contribution in [3.8, 4) is 23.1 Å². The van der Waals surface area contributed by atoms with Crippen LogP contribution in [0.1, 0.15) is 25.4 Å². The van der Waals surface area contributed by atoms with Crippen LogP contribution in [0.4, 0.5) is 0 Å². The van der Waals surface area contributed by atoms with E-state index in [1.54, 1.807) is 4.57 Å². The van der Waals surface area contributed by atoms with E-state index in [-0.39, 0.29) is 6.10 Å². The number of rotatable bonds is 3. The summed E-state index contributed by atoms with van der Waals surface area (Å²) in [5, 5.41) is 9.21. The average molecular weight is 255 g/mol. The average Bonchev–Trinajstić information content (AvgIpc) is 2.65. The van der Waals surface area contributed by atoms with Gasteiger partial charge >= 0.3 is 0 Å². The number of aryl methyl sites for hydroxylation is 1. The van der Waals surface area contributed by atoms with Gasteiger partial charge in [-0.15, -0.1) is 0 Å². The van der Waals surface area contributed by atoms with Gasteiger partial charge < -0.3 is 9.30 Å². The lowest BCUT2D eigenvalue weighted by Gasteiger charge is -2.09. The topological polar surface area (TPSA) is 50.8 Å². The monoisotopic (exact) mass is 255 g/mol. The molecule has 19 heavy (non-hydrogen) atoms.